The van der Waals surface area contributed by atoms with Gasteiger partial charge >= 0.3 is 0 Å². The molecule has 0 unspecified atom stereocenters. The first-order valence-corrected chi connectivity index (χ1v) is 8.61. The van der Waals surface area contributed by atoms with Crippen molar-refractivity contribution in [1.29, 1.82) is 0 Å². The van der Waals surface area contributed by atoms with Crippen molar-refractivity contribution in [1.82, 2.24) is 0 Å². The van der Waals surface area contributed by atoms with Crippen LogP contribution in [0.2, 0.25) is 10.0 Å². The van der Waals surface area contributed by atoms with Crippen molar-refractivity contribution >= 4 is 28.9 Å². The van der Waals surface area contributed by atoms with Crippen LogP contribution < -0.4 is 10.1 Å². The van der Waals surface area contributed by atoms with Gasteiger partial charge in [-0.2, -0.15) is 0 Å². The summed E-state index contributed by atoms with van der Waals surface area (Å²) in [6, 6.07) is 16.2. The number of hydrogen-bond donors (Lipinski definition) is 1. The van der Waals surface area contributed by atoms with Crippen molar-refractivity contribution in [2.75, 3.05) is 5.32 Å². The fraction of sp³-hybridized carbons (Fsp3) is 0.100. The van der Waals surface area contributed by atoms with Crippen molar-refractivity contribution in [3.8, 4) is 5.75 Å². The molecule has 1 N–H and O–H groups in total. The lowest BCUT2D eigenvalue weighted by molar-refractivity contribution is 0.306. The SMILES string of the molecule is Fc1ccc(COc2cccc(CNc3ccc(F)c(Cl)c3)c2)c(Cl)c1. The summed E-state index contributed by atoms with van der Waals surface area (Å²) >= 11 is 11.8. The topological polar surface area (TPSA) is 21.3 Å². The largest absolute Gasteiger partial charge is 0.489 e. The van der Waals surface area contributed by atoms with Gasteiger partial charge in [0.2, 0.25) is 0 Å². The molecule has 0 saturated heterocycles. The molecule has 0 bridgehead atoms. The van der Waals surface area contributed by atoms with Crippen LogP contribution in [0.5, 0.6) is 5.75 Å². The Bertz CT molecular complexity index is 918. The minimum Gasteiger partial charge on any atom is -0.489 e. The lowest BCUT2D eigenvalue weighted by atomic mass is 10.2. The fourth-order valence-corrected chi connectivity index (χ4v) is 2.76. The van der Waals surface area contributed by atoms with E-state index in [0.29, 0.717) is 22.9 Å². The standard InChI is InChI=1S/C20H15Cl2F2NO/c21-18-9-15(23)5-4-14(18)12-26-17-3-1-2-13(8-17)11-25-16-6-7-20(24)19(22)10-16/h1-10,25H,11-12H2. The summed E-state index contributed by atoms with van der Waals surface area (Å²) in [7, 11) is 0. The molecule has 26 heavy (non-hydrogen) atoms. The second kappa shape index (κ2) is 8.39. The molecule has 0 aromatic heterocycles. The molecule has 0 heterocycles. The lowest BCUT2D eigenvalue weighted by Crippen LogP contribution is -2.01. The molecule has 0 aliphatic rings. The third kappa shape index (κ3) is 4.87. The predicted octanol–water partition coefficient (Wildman–Crippen LogP) is 6.46. The van der Waals surface area contributed by atoms with Gasteiger partial charge < -0.3 is 10.1 Å². The van der Waals surface area contributed by atoms with E-state index >= 15 is 0 Å². The maximum absolute atomic E-state index is 13.2. The van der Waals surface area contributed by atoms with E-state index in [2.05, 4.69) is 5.32 Å². The highest BCUT2D eigenvalue weighted by Gasteiger charge is 2.05. The van der Waals surface area contributed by atoms with Gasteiger partial charge in [-0.05, 0) is 48.0 Å². The first kappa shape index (κ1) is 18.5. The smallest absolute Gasteiger partial charge is 0.141 e. The summed E-state index contributed by atoms with van der Waals surface area (Å²) in [5.41, 5.74) is 2.41. The van der Waals surface area contributed by atoms with Crippen LogP contribution in [0, 0.1) is 11.6 Å². The zero-order chi connectivity index (χ0) is 18.5. The number of rotatable bonds is 6. The van der Waals surface area contributed by atoms with E-state index in [4.69, 9.17) is 27.9 Å². The van der Waals surface area contributed by atoms with Gasteiger partial charge in [-0.3, -0.25) is 0 Å². The van der Waals surface area contributed by atoms with E-state index in [1.165, 1.54) is 24.3 Å². The van der Waals surface area contributed by atoms with Crippen molar-refractivity contribution < 1.29 is 13.5 Å². The molecule has 3 rings (SSSR count). The van der Waals surface area contributed by atoms with E-state index in [1.54, 1.807) is 12.1 Å². The van der Waals surface area contributed by atoms with Crippen LogP contribution in [0.25, 0.3) is 0 Å². The lowest BCUT2D eigenvalue weighted by Gasteiger charge is -2.11. The number of hydrogen-bond acceptors (Lipinski definition) is 2. The number of nitrogens with one attached hydrogen (secondary N) is 1. The summed E-state index contributed by atoms with van der Waals surface area (Å²) in [6.45, 7) is 0.764. The predicted molar refractivity (Wildman–Crippen MR) is 101 cm³/mol. The Kier molecular flexibility index (Phi) is 5.96. The van der Waals surface area contributed by atoms with Crippen molar-refractivity contribution in [3.05, 3.63) is 93.5 Å². The van der Waals surface area contributed by atoms with Crippen LogP contribution >= 0.6 is 23.2 Å². The van der Waals surface area contributed by atoms with Crippen LogP contribution in [0.3, 0.4) is 0 Å². The Labute approximate surface area is 160 Å². The average molecular weight is 394 g/mol. The van der Waals surface area contributed by atoms with Gasteiger partial charge in [-0.15, -0.1) is 0 Å². The molecule has 3 aromatic carbocycles. The molecule has 0 amide bonds. The highest BCUT2D eigenvalue weighted by molar-refractivity contribution is 6.31. The van der Waals surface area contributed by atoms with Crippen LogP contribution in [-0.4, -0.2) is 0 Å². The first-order chi connectivity index (χ1) is 12.5. The fourth-order valence-electron chi connectivity index (χ4n) is 2.36. The quantitative estimate of drug-likeness (QED) is 0.518. The van der Waals surface area contributed by atoms with Crippen LogP contribution in [-0.2, 0) is 13.2 Å². The van der Waals surface area contributed by atoms with E-state index in [9.17, 15) is 8.78 Å². The number of halogens is 4. The van der Waals surface area contributed by atoms with Gasteiger partial charge in [0.25, 0.3) is 0 Å². The van der Waals surface area contributed by atoms with Gasteiger partial charge in [0.05, 0.1) is 10.0 Å². The minimum atomic E-state index is -0.452. The molecular weight excluding hydrogens is 379 g/mol. The first-order valence-electron chi connectivity index (χ1n) is 7.86. The molecule has 3 aromatic rings. The van der Waals surface area contributed by atoms with Gasteiger partial charge in [0.15, 0.2) is 0 Å². The monoisotopic (exact) mass is 393 g/mol. The second-order valence-corrected chi connectivity index (χ2v) is 6.47. The molecule has 0 aliphatic heterocycles. The third-order valence-electron chi connectivity index (χ3n) is 3.72. The Balaban J connectivity index is 1.61. The molecule has 0 atom stereocenters. The second-order valence-electron chi connectivity index (χ2n) is 5.65. The van der Waals surface area contributed by atoms with E-state index < -0.39 is 5.82 Å². The number of anilines is 1. The summed E-state index contributed by atoms with van der Waals surface area (Å²) in [6.07, 6.45) is 0. The number of benzene rings is 3. The van der Waals surface area contributed by atoms with Crippen LogP contribution in [0.4, 0.5) is 14.5 Å². The third-order valence-corrected chi connectivity index (χ3v) is 4.37. The maximum atomic E-state index is 13.2. The minimum absolute atomic E-state index is 0.0725. The molecule has 134 valence electrons. The summed E-state index contributed by atoms with van der Waals surface area (Å²) < 4.78 is 32.0. The Hall–Kier alpha value is -2.30. The molecule has 2 nitrogen and oxygen atoms in total. The Morgan fingerprint density at radius 1 is 0.885 bits per heavy atom. The molecule has 6 heteroatoms. The molecular formula is C20H15Cl2F2NO. The van der Waals surface area contributed by atoms with E-state index in [0.717, 1.165) is 11.3 Å². The highest BCUT2D eigenvalue weighted by Crippen LogP contribution is 2.22. The van der Waals surface area contributed by atoms with E-state index in [1.807, 2.05) is 24.3 Å². The van der Waals surface area contributed by atoms with Crippen LogP contribution in [0.15, 0.2) is 60.7 Å². The molecule has 0 aliphatic carbocycles. The van der Waals surface area contributed by atoms with Crippen LogP contribution in [0.1, 0.15) is 11.1 Å². The maximum Gasteiger partial charge on any atom is 0.141 e. The van der Waals surface area contributed by atoms with Crippen molar-refractivity contribution in [2.45, 2.75) is 13.2 Å². The highest BCUT2D eigenvalue weighted by atomic mass is 35.5. The van der Waals surface area contributed by atoms with Gasteiger partial charge in [0, 0.05) is 17.8 Å². The zero-order valence-electron chi connectivity index (χ0n) is 13.6. The molecule has 0 spiro atoms. The average Bonchev–Trinajstić information content (AvgIpc) is 2.62. The zero-order valence-corrected chi connectivity index (χ0v) is 15.1. The van der Waals surface area contributed by atoms with Gasteiger partial charge in [0.1, 0.15) is 24.0 Å². The van der Waals surface area contributed by atoms with Crippen molar-refractivity contribution in [2.24, 2.45) is 0 Å². The molecule has 0 fully saturated rings. The molecule has 0 radical (unpaired) electrons. The Morgan fingerprint density at radius 2 is 1.73 bits per heavy atom. The molecule has 0 saturated carbocycles. The Morgan fingerprint density at radius 3 is 2.50 bits per heavy atom. The van der Waals surface area contributed by atoms with E-state index in [-0.39, 0.29) is 17.4 Å². The summed E-state index contributed by atoms with van der Waals surface area (Å²) in [4.78, 5) is 0. The van der Waals surface area contributed by atoms with Gasteiger partial charge in [-0.1, -0.05) is 41.4 Å². The van der Waals surface area contributed by atoms with Crippen molar-refractivity contribution in [3.63, 3.8) is 0 Å². The number of ether oxygens (including phenoxy) is 1. The van der Waals surface area contributed by atoms with Gasteiger partial charge in [-0.25, -0.2) is 8.78 Å². The summed E-state index contributed by atoms with van der Waals surface area (Å²) in [5, 5.41) is 3.58. The normalized spacial score (nSPS) is 10.6. The summed E-state index contributed by atoms with van der Waals surface area (Å²) in [5.74, 6) is -0.165.